The van der Waals surface area contributed by atoms with Gasteiger partial charge in [-0.1, -0.05) is 0 Å². The number of piperidine rings is 1. The maximum atomic E-state index is 14.5. The van der Waals surface area contributed by atoms with Gasteiger partial charge in [-0.15, -0.1) is 0 Å². The molecule has 2 aliphatic rings. The molecule has 0 aliphatic carbocycles. The average molecular weight is 484 g/mol. The molecule has 3 aromatic rings. The molecule has 1 amide bonds. The molecule has 1 atom stereocenters. The Hall–Kier alpha value is -3.53. The van der Waals surface area contributed by atoms with Crippen LogP contribution in [0.25, 0.3) is 5.52 Å². The zero-order valence-corrected chi connectivity index (χ0v) is 19.4. The van der Waals surface area contributed by atoms with Crippen molar-refractivity contribution in [2.75, 3.05) is 31.6 Å². The lowest BCUT2D eigenvalue weighted by molar-refractivity contribution is -0.146. The van der Waals surface area contributed by atoms with Gasteiger partial charge >= 0.3 is 5.97 Å². The number of fused-ring (bicyclic) bond motifs is 1. The molecule has 2 aliphatic heterocycles. The van der Waals surface area contributed by atoms with Gasteiger partial charge in [-0.3, -0.25) is 9.59 Å². The lowest BCUT2D eigenvalue weighted by atomic mass is 9.87. The summed E-state index contributed by atoms with van der Waals surface area (Å²) < 4.78 is 30.0. The molecule has 10 heteroatoms. The third-order valence-corrected chi connectivity index (χ3v) is 7.43. The Morgan fingerprint density at radius 2 is 1.91 bits per heavy atom. The Labute approximate surface area is 201 Å². The average Bonchev–Trinajstić information content (AvgIpc) is 3.52. The molecule has 2 aromatic heterocycles. The van der Waals surface area contributed by atoms with Crippen LogP contribution in [-0.2, 0) is 4.79 Å². The topological polar surface area (TPSA) is 90.2 Å². The lowest BCUT2D eigenvalue weighted by Gasteiger charge is -2.38. The standard InChI is InChI=1S/C25H27F2N5O3/c1-28-25(24(34)35)7-11-30(12-8-25)23(33)19-15-29-32-10-6-17(14-22(19)32)31-9-2-3-21(31)18-13-16(26)4-5-20(18)27/h4-6,10,13-15,21,28H,2-3,7-9,11-12H2,1H3,(H,34,35). The number of aliphatic carboxylic acids is 1. The normalized spacial score (nSPS) is 19.9. The second kappa shape index (κ2) is 8.92. The Kier molecular flexibility index (Phi) is 5.92. The van der Waals surface area contributed by atoms with Crippen molar-refractivity contribution in [1.29, 1.82) is 0 Å². The monoisotopic (exact) mass is 483 g/mol. The molecule has 0 radical (unpaired) electrons. The number of likely N-dealkylation sites (N-methyl/N-ethyl adjacent to an activating group) is 1. The van der Waals surface area contributed by atoms with E-state index in [1.165, 1.54) is 12.3 Å². The van der Waals surface area contributed by atoms with Gasteiger partial charge in [0.2, 0.25) is 0 Å². The lowest BCUT2D eigenvalue weighted by Crippen LogP contribution is -2.58. The number of benzene rings is 1. The highest BCUT2D eigenvalue weighted by molar-refractivity contribution is 6.01. The minimum atomic E-state index is -1.03. The molecule has 4 heterocycles. The number of halogens is 2. The Balaban J connectivity index is 1.42. The van der Waals surface area contributed by atoms with Gasteiger partial charge in [-0.05, 0) is 63.1 Å². The Bertz CT molecular complexity index is 1290. The molecule has 2 N–H and O–H groups in total. The van der Waals surface area contributed by atoms with Crippen LogP contribution in [-0.4, -0.2) is 63.7 Å². The number of rotatable bonds is 5. The van der Waals surface area contributed by atoms with Gasteiger partial charge in [0.05, 0.1) is 23.3 Å². The van der Waals surface area contributed by atoms with Crippen LogP contribution in [0, 0.1) is 11.6 Å². The molecule has 1 unspecified atom stereocenters. The summed E-state index contributed by atoms with van der Waals surface area (Å²) >= 11 is 0. The summed E-state index contributed by atoms with van der Waals surface area (Å²) in [6.45, 7) is 1.31. The SMILES string of the molecule is CNC1(C(=O)O)CCN(C(=O)c2cnn3ccc(N4CCCC4c4cc(F)ccc4F)cc23)CC1. The molecule has 35 heavy (non-hydrogen) atoms. The van der Waals surface area contributed by atoms with E-state index in [1.807, 2.05) is 17.0 Å². The van der Waals surface area contributed by atoms with Crippen molar-refractivity contribution in [2.24, 2.45) is 0 Å². The van der Waals surface area contributed by atoms with Crippen LogP contribution >= 0.6 is 0 Å². The third-order valence-electron chi connectivity index (χ3n) is 7.43. The van der Waals surface area contributed by atoms with Crippen LogP contribution in [0.5, 0.6) is 0 Å². The molecule has 184 valence electrons. The predicted octanol–water partition coefficient (Wildman–Crippen LogP) is 3.23. The van der Waals surface area contributed by atoms with Gasteiger partial charge in [-0.25, -0.2) is 13.3 Å². The van der Waals surface area contributed by atoms with Crippen molar-refractivity contribution in [2.45, 2.75) is 37.3 Å². The number of anilines is 1. The number of hydrogen-bond donors (Lipinski definition) is 2. The number of pyridine rings is 1. The van der Waals surface area contributed by atoms with Gasteiger partial charge in [0.1, 0.15) is 17.2 Å². The first-order valence-corrected chi connectivity index (χ1v) is 11.7. The van der Waals surface area contributed by atoms with Crippen LogP contribution in [0.15, 0.2) is 42.7 Å². The van der Waals surface area contributed by atoms with E-state index in [4.69, 9.17) is 0 Å². The van der Waals surface area contributed by atoms with E-state index in [-0.39, 0.29) is 11.9 Å². The van der Waals surface area contributed by atoms with E-state index in [1.54, 1.807) is 22.7 Å². The van der Waals surface area contributed by atoms with Gasteiger partial charge in [0.15, 0.2) is 0 Å². The number of nitrogens with zero attached hydrogens (tertiary/aromatic N) is 4. The smallest absolute Gasteiger partial charge is 0.324 e. The number of nitrogens with one attached hydrogen (secondary N) is 1. The minimum Gasteiger partial charge on any atom is -0.480 e. The maximum absolute atomic E-state index is 14.5. The fourth-order valence-corrected chi connectivity index (χ4v) is 5.31. The second-order valence-corrected chi connectivity index (χ2v) is 9.22. The molecule has 1 aromatic carbocycles. The van der Waals surface area contributed by atoms with Crippen molar-refractivity contribution in [3.63, 3.8) is 0 Å². The van der Waals surface area contributed by atoms with Crippen LogP contribution in [0.2, 0.25) is 0 Å². The molecule has 8 nitrogen and oxygen atoms in total. The highest BCUT2D eigenvalue weighted by Gasteiger charge is 2.41. The summed E-state index contributed by atoms with van der Waals surface area (Å²) in [5.41, 5.74) is 1.14. The van der Waals surface area contributed by atoms with Crippen molar-refractivity contribution < 1.29 is 23.5 Å². The van der Waals surface area contributed by atoms with Crippen molar-refractivity contribution >= 4 is 23.1 Å². The number of carboxylic acid groups (broad SMARTS) is 1. The third kappa shape index (κ3) is 4.01. The van der Waals surface area contributed by atoms with Crippen LogP contribution in [0.4, 0.5) is 14.5 Å². The number of aromatic nitrogens is 2. The van der Waals surface area contributed by atoms with Gasteiger partial charge in [0.25, 0.3) is 5.91 Å². The first-order valence-electron chi connectivity index (χ1n) is 11.7. The van der Waals surface area contributed by atoms with E-state index < -0.39 is 23.1 Å². The number of amides is 1. The van der Waals surface area contributed by atoms with E-state index in [0.29, 0.717) is 55.5 Å². The zero-order chi connectivity index (χ0) is 24.7. The zero-order valence-electron chi connectivity index (χ0n) is 19.4. The number of carboxylic acids is 1. The second-order valence-electron chi connectivity index (χ2n) is 9.22. The summed E-state index contributed by atoms with van der Waals surface area (Å²) in [4.78, 5) is 28.7. The highest BCUT2D eigenvalue weighted by Crippen LogP contribution is 2.38. The molecular weight excluding hydrogens is 456 g/mol. The number of carbonyl (C=O) groups excluding carboxylic acids is 1. The molecule has 0 spiro atoms. The summed E-state index contributed by atoms with van der Waals surface area (Å²) in [7, 11) is 1.62. The predicted molar refractivity (Wildman–Crippen MR) is 125 cm³/mol. The van der Waals surface area contributed by atoms with Crippen LogP contribution in [0.3, 0.4) is 0 Å². The van der Waals surface area contributed by atoms with E-state index in [9.17, 15) is 23.5 Å². The number of likely N-dealkylation sites (tertiary alicyclic amines) is 1. The van der Waals surface area contributed by atoms with Gasteiger partial charge in [0, 0.05) is 37.1 Å². The Morgan fingerprint density at radius 3 is 2.63 bits per heavy atom. The molecule has 5 rings (SSSR count). The summed E-state index contributed by atoms with van der Waals surface area (Å²) in [6, 6.07) is 6.94. The molecular formula is C25H27F2N5O3. The van der Waals surface area contributed by atoms with Gasteiger partial charge < -0.3 is 20.2 Å². The summed E-state index contributed by atoms with van der Waals surface area (Å²) in [5, 5.41) is 16.8. The largest absolute Gasteiger partial charge is 0.480 e. The van der Waals surface area contributed by atoms with E-state index in [2.05, 4.69) is 10.4 Å². The quantitative estimate of drug-likeness (QED) is 0.579. The number of hydrogen-bond acceptors (Lipinski definition) is 5. The fraction of sp³-hybridized carbons (Fsp3) is 0.400. The molecule has 2 saturated heterocycles. The van der Waals surface area contributed by atoms with Crippen LogP contribution < -0.4 is 10.2 Å². The fourth-order valence-electron chi connectivity index (χ4n) is 5.31. The summed E-state index contributed by atoms with van der Waals surface area (Å²) in [5.74, 6) is -2.03. The first-order chi connectivity index (χ1) is 16.8. The minimum absolute atomic E-state index is 0.207. The van der Waals surface area contributed by atoms with E-state index in [0.717, 1.165) is 24.2 Å². The number of carbonyl (C=O) groups is 2. The van der Waals surface area contributed by atoms with Crippen molar-refractivity contribution in [3.8, 4) is 0 Å². The van der Waals surface area contributed by atoms with E-state index >= 15 is 0 Å². The van der Waals surface area contributed by atoms with Crippen LogP contribution in [0.1, 0.15) is 47.6 Å². The Morgan fingerprint density at radius 1 is 1.14 bits per heavy atom. The summed E-state index contributed by atoms with van der Waals surface area (Å²) in [6.07, 6.45) is 5.42. The molecule has 0 saturated carbocycles. The highest BCUT2D eigenvalue weighted by atomic mass is 19.1. The van der Waals surface area contributed by atoms with Crippen molar-refractivity contribution in [3.05, 3.63) is 65.5 Å². The first kappa shape index (κ1) is 23.2. The maximum Gasteiger partial charge on any atom is 0.324 e. The molecule has 2 fully saturated rings. The van der Waals surface area contributed by atoms with Gasteiger partial charge in [-0.2, -0.15) is 5.10 Å². The van der Waals surface area contributed by atoms with Crippen molar-refractivity contribution in [1.82, 2.24) is 19.8 Å². The molecule has 0 bridgehead atoms.